The zero-order valence-electron chi connectivity index (χ0n) is 14.6. The fraction of sp³-hybridized carbons (Fsp3) is 0.882. The summed E-state index contributed by atoms with van der Waals surface area (Å²) in [7, 11) is 0. The molecular weight excluding hydrogens is 419 g/mol. The van der Waals surface area contributed by atoms with Gasteiger partial charge in [-0.25, -0.2) is 0 Å². The van der Waals surface area contributed by atoms with Gasteiger partial charge in [-0.1, -0.05) is 6.42 Å². The number of guanidine groups is 1. The van der Waals surface area contributed by atoms with Gasteiger partial charge < -0.3 is 20.6 Å². The van der Waals surface area contributed by atoms with Gasteiger partial charge in [0.25, 0.3) is 0 Å². The predicted molar refractivity (Wildman–Crippen MR) is 106 cm³/mol. The molecule has 0 bridgehead atoms. The Hall–Kier alpha value is -0.570. The molecule has 2 aliphatic heterocycles. The van der Waals surface area contributed by atoms with Crippen molar-refractivity contribution in [1.82, 2.24) is 15.5 Å². The monoisotopic (exact) mass is 450 g/mol. The highest BCUT2D eigenvalue weighted by Gasteiger charge is 2.42. The third-order valence-electron chi connectivity index (χ3n) is 5.59. The highest BCUT2D eigenvalue weighted by atomic mass is 127. The minimum atomic E-state index is -0.189. The summed E-state index contributed by atoms with van der Waals surface area (Å²) in [4.78, 5) is 18.8. The number of amides is 1. The average molecular weight is 450 g/mol. The zero-order chi connectivity index (χ0) is 16.3. The van der Waals surface area contributed by atoms with Gasteiger partial charge in [-0.05, 0) is 32.6 Å². The first-order valence-electron chi connectivity index (χ1n) is 9.10. The largest absolute Gasteiger partial charge is 0.393 e. The molecule has 0 aromatic carbocycles. The fourth-order valence-electron chi connectivity index (χ4n) is 4.29. The molecule has 3 N–H and O–H groups in total. The van der Waals surface area contributed by atoms with Gasteiger partial charge in [0, 0.05) is 50.5 Å². The lowest BCUT2D eigenvalue weighted by Gasteiger charge is -2.41. The number of rotatable bonds is 3. The van der Waals surface area contributed by atoms with Crippen LogP contribution in [0.1, 0.15) is 45.4 Å². The first-order chi connectivity index (χ1) is 11.1. The molecule has 2 heterocycles. The predicted octanol–water partition coefficient (Wildman–Crippen LogP) is 1.33. The molecule has 0 aromatic rings. The van der Waals surface area contributed by atoms with Gasteiger partial charge in [-0.3, -0.25) is 9.79 Å². The summed E-state index contributed by atoms with van der Waals surface area (Å²) in [6, 6.07) is 0. The first kappa shape index (κ1) is 19.8. The second-order valence-electron chi connectivity index (χ2n) is 7.43. The van der Waals surface area contributed by atoms with Crippen LogP contribution in [-0.4, -0.2) is 60.7 Å². The van der Waals surface area contributed by atoms with Crippen molar-refractivity contribution in [1.29, 1.82) is 0 Å². The lowest BCUT2D eigenvalue weighted by Crippen LogP contribution is -2.51. The van der Waals surface area contributed by atoms with Crippen LogP contribution in [0, 0.1) is 11.3 Å². The van der Waals surface area contributed by atoms with Crippen LogP contribution in [0.4, 0.5) is 0 Å². The van der Waals surface area contributed by atoms with Gasteiger partial charge in [-0.2, -0.15) is 0 Å². The molecule has 24 heavy (non-hydrogen) atoms. The number of aliphatic imine (C=N–C) groups is 1. The molecule has 3 fully saturated rings. The summed E-state index contributed by atoms with van der Waals surface area (Å²) in [5, 5.41) is 16.4. The molecule has 6 nitrogen and oxygen atoms in total. The van der Waals surface area contributed by atoms with Crippen molar-refractivity contribution in [2.24, 2.45) is 16.3 Å². The molecule has 3 atom stereocenters. The van der Waals surface area contributed by atoms with Crippen LogP contribution >= 0.6 is 24.0 Å². The number of hydrogen-bond donors (Lipinski definition) is 3. The standard InChI is InChI=1S/C17H30N4O2.HI/c1-2-18-16(19-10-13-5-3-6-14(13)22)21-8-4-7-17(12-21)9-15(23)20-11-17;/h13-14,22H,2-12H2,1H3,(H,18,19)(H,20,23);1H. The van der Waals surface area contributed by atoms with Gasteiger partial charge >= 0.3 is 0 Å². The first-order valence-corrected chi connectivity index (χ1v) is 9.10. The van der Waals surface area contributed by atoms with E-state index in [0.29, 0.717) is 18.9 Å². The minimum absolute atomic E-state index is 0. The number of aliphatic hydroxyl groups excluding tert-OH is 1. The van der Waals surface area contributed by atoms with Crippen molar-refractivity contribution in [2.45, 2.75) is 51.6 Å². The van der Waals surface area contributed by atoms with Crippen LogP contribution in [0.25, 0.3) is 0 Å². The van der Waals surface area contributed by atoms with Gasteiger partial charge in [0.05, 0.1) is 6.10 Å². The van der Waals surface area contributed by atoms with Gasteiger partial charge in [0.1, 0.15) is 0 Å². The summed E-state index contributed by atoms with van der Waals surface area (Å²) in [5.41, 5.74) is 0.0817. The Bertz CT molecular complexity index is 474. The van der Waals surface area contributed by atoms with Crippen LogP contribution in [0.5, 0.6) is 0 Å². The third kappa shape index (κ3) is 4.53. The van der Waals surface area contributed by atoms with E-state index in [1.54, 1.807) is 0 Å². The van der Waals surface area contributed by atoms with Gasteiger partial charge in [0.2, 0.25) is 5.91 Å². The normalized spacial score (nSPS) is 33.5. The molecule has 7 heteroatoms. The molecule has 1 amide bonds. The van der Waals surface area contributed by atoms with Crippen molar-refractivity contribution in [3.05, 3.63) is 0 Å². The number of hydrogen-bond acceptors (Lipinski definition) is 3. The summed E-state index contributed by atoms with van der Waals surface area (Å²) in [6.45, 7) is 6.31. The Kier molecular flexibility index (Phi) is 7.15. The van der Waals surface area contributed by atoms with Crippen LogP contribution < -0.4 is 10.6 Å². The Morgan fingerprint density at radius 3 is 2.92 bits per heavy atom. The Morgan fingerprint density at radius 1 is 1.46 bits per heavy atom. The highest BCUT2D eigenvalue weighted by Crippen LogP contribution is 2.36. The molecule has 0 radical (unpaired) electrons. The number of likely N-dealkylation sites (tertiary alicyclic amines) is 1. The van der Waals surface area contributed by atoms with Crippen LogP contribution in [0.15, 0.2) is 4.99 Å². The average Bonchev–Trinajstić information content (AvgIpc) is 3.10. The van der Waals surface area contributed by atoms with Crippen molar-refractivity contribution >= 4 is 35.8 Å². The van der Waals surface area contributed by atoms with E-state index in [4.69, 9.17) is 4.99 Å². The van der Waals surface area contributed by atoms with E-state index in [1.807, 2.05) is 0 Å². The number of nitrogens with one attached hydrogen (secondary N) is 2. The van der Waals surface area contributed by atoms with Crippen molar-refractivity contribution in [3.63, 3.8) is 0 Å². The third-order valence-corrected chi connectivity index (χ3v) is 5.59. The van der Waals surface area contributed by atoms with E-state index in [1.165, 1.54) is 0 Å². The van der Waals surface area contributed by atoms with E-state index in [2.05, 4.69) is 22.5 Å². The minimum Gasteiger partial charge on any atom is -0.393 e. The van der Waals surface area contributed by atoms with E-state index < -0.39 is 0 Å². The second-order valence-corrected chi connectivity index (χ2v) is 7.43. The SMILES string of the molecule is CCNC(=NCC1CCCC1O)N1CCCC2(CNC(=O)C2)C1.I. The maximum absolute atomic E-state index is 11.7. The Morgan fingerprint density at radius 2 is 2.29 bits per heavy atom. The number of nitrogens with zero attached hydrogens (tertiary/aromatic N) is 2. The van der Waals surface area contributed by atoms with Crippen molar-refractivity contribution in [2.75, 3.05) is 32.7 Å². The summed E-state index contributed by atoms with van der Waals surface area (Å²) >= 11 is 0. The maximum atomic E-state index is 11.7. The quantitative estimate of drug-likeness (QED) is 0.345. The molecule has 1 saturated carbocycles. The van der Waals surface area contributed by atoms with Gasteiger partial charge in [0.15, 0.2) is 5.96 Å². The number of aliphatic hydroxyl groups is 1. The van der Waals surface area contributed by atoms with Crippen LogP contribution in [0.3, 0.4) is 0 Å². The zero-order valence-corrected chi connectivity index (χ0v) is 16.9. The number of carbonyl (C=O) groups is 1. The molecule has 3 rings (SSSR count). The van der Waals surface area contributed by atoms with E-state index in [0.717, 1.165) is 64.2 Å². The number of carbonyl (C=O) groups excluding carboxylic acids is 1. The van der Waals surface area contributed by atoms with Crippen molar-refractivity contribution in [3.8, 4) is 0 Å². The topological polar surface area (TPSA) is 77.0 Å². The van der Waals surface area contributed by atoms with Crippen LogP contribution in [-0.2, 0) is 4.79 Å². The van der Waals surface area contributed by atoms with E-state index in [-0.39, 0.29) is 41.4 Å². The van der Waals surface area contributed by atoms with Gasteiger partial charge in [-0.15, -0.1) is 24.0 Å². The lowest BCUT2D eigenvalue weighted by atomic mass is 9.79. The fourth-order valence-corrected chi connectivity index (χ4v) is 4.29. The molecular formula is C17H31IN4O2. The molecule has 0 aromatic heterocycles. The molecule has 3 aliphatic rings. The van der Waals surface area contributed by atoms with Crippen molar-refractivity contribution < 1.29 is 9.90 Å². The number of piperidine rings is 1. The summed E-state index contributed by atoms with van der Waals surface area (Å²) in [6.07, 6.45) is 5.77. The smallest absolute Gasteiger partial charge is 0.220 e. The molecule has 138 valence electrons. The summed E-state index contributed by atoms with van der Waals surface area (Å²) < 4.78 is 0. The molecule has 1 spiro atoms. The maximum Gasteiger partial charge on any atom is 0.220 e. The molecule has 2 saturated heterocycles. The van der Waals surface area contributed by atoms with E-state index in [9.17, 15) is 9.90 Å². The van der Waals surface area contributed by atoms with E-state index >= 15 is 0 Å². The van der Waals surface area contributed by atoms with Crippen LogP contribution in [0.2, 0.25) is 0 Å². The Balaban J connectivity index is 0.00000208. The molecule has 3 unspecified atom stereocenters. The molecule has 1 aliphatic carbocycles. The lowest BCUT2D eigenvalue weighted by molar-refractivity contribution is -0.119. The Labute approximate surface area is 161 Å². The summed E-state index contributed by atoms with van der Waals surface area (Å²) in [5.74, 6) is 1.44. The second kappa shape index (κ2) is 8.69. The highest BCUT2D eigenvalue weighted by molar-refractivity contribution is 14.0. The number of halogens is 1.